The molecule has 1 aromatic carbocycles. The minimum absolute atomic E-state index is 0.579. The molecule has 0 aliphatic heterocycles. The molecule has 0 aliphatic carbocycles. The van der Waals surface area contributed by atoms with Gasteiger partial charge in [-0.05, 0) is 56.0 Å². The number of thiophene rings is 1. The maximum atomic E-state index is 9.17. The highest BCUT2D eigenvalue weighted by atomic mass is 127. The lowest BCUT2D eigenvalue weighted by Crippen LogP contribution is -2.29. The van der Waals surface area contributed by atoms with Crippen molar-refractivity contribution in [3.63, 3.8) is 0 Å². The van der Waals surface area contributed by atoms with Crippen molar-refractivity contribution < 1.29 is 10.0 Å². The van der Waals surface area contributed by atoms with E-state index in [1.54, 1.807) is 5.38 Å². The summed E-state index contributed by atoms with van der Waals surface area (Å²) in [5.74, 6) is 0. The largest absolute Gasteiger partial charge is 0.489 e. The molecule has 0 aliphatic rings. The van der Waals surface area contributed by atoms with Crippen molar-refractivity contribution in [1.82, 2.24) is 0 Å². The third-order valence-corrected chi connectivity index (χ3v) is 4.78. The molecule has 2 aromatic rings. The maximum Gasteiger partial charge on any atom is 0.489 e. The van der Waals surface area contributed by atoms with Gasteiger partial charge in [-0.2, -0.15) is 0 Å². The highest BCUT2D eigenvalue weighted by Crippen LogP contribution is 2.31. The van der Waals surface area contributed by atoms with Gasteiger partial charge in [0.05, 0.1) is 0 Å². The molecular formula is C8H5BBrIO2S. The van der Waals surface area contributed by atoms with Crippen LogP contribution in [0.15, 0.2) is 22.0 Å². The van der Waals surface area contributed by atoms with Gasteiger partial charge in [0, 0.05) is 23.6 Å². The van der Waals surface area contributed by atoms with Gasteiger partial charge in [-0.3, -0.25) is 0 Å². The van der Waals surface area contributed by atoms with Crippen molar-refractivity contribution in [2.75, 3.05) is 0 Å². The average Bonchev–Trinajstić information content (AvgIpc) is 2.56. The maximum absolute atomic E-state index is 9.17. The first-order chi connectivity index (χ1) is 6.61. The van der Waals surface area contributed by atoms with Gasteiger partial charge < -0.3 is 10.0 Å². The minimum atomic E-state index is -1.40. The predicted octanol–water partition coefficient (Wildman–Crippen LogP) is 1.95. The van der Waals surface area contributed by atoms with Crippen LogP contribution < -0.4 is 5.46 Å². The van der Waals surface area contributed by atoms with Crippen LogP contribution in [0.1, 0.15) is 0 Å². The molecule has 0 unspecified atom stereocenters. The molecule has 0 saturated heterocycles. The van der Waals surface area contributed by atoms with Crippen molar-refractivity contribution in [3.05, 3.63) is 25.6 Å². The van der Waals surface area contributed by atoms with E-state index in [0.29, 0.717) is 5.46 Å². The fourth-order valence-corrected chi connectivity index (χ4v) is 3.85. The molecule has 6 heteroatoms. The lowest BCUT2D eigenvalue weighted by Gasteiger charge is -2.00. The van der Waals surface area contributed by atoms with Gasteiger partial charge in [0.2, 0.25) is 0 Å². The first-order valence-electron chi connectivity index (χ1n) is 3.82. The van der Waals surface area contributed by atoms with Crippen LogP contribution in [0, 0.1) is 3.57 Å². The molecule has 14 heavy (non-hydrogen) atoms. The van der Waals surface area contributed by atoms with E-state index in [1.807, 2.05) is 12.1 Å². The summed E-state index contributed by atoms with van der Waals surface area (Å²) in [6.07, 6.45) is 0. The lowest BCUT2D eigenvalue weighted by molar-refractivity contribution is 0.426. The third-order valence-electron chi connectivity index (χ3n) is 1.93. The predicted molar refractivity (Wildman–Crippen MR) is 72.1 cm³/mol. The SMILES string of the molecule is OB(O)c1csc2c(Br)ccc(I)c12. The second-order valence-electron chi connectivity index (χ2n) is 2.80. The van der Waals surface area contributed by atoms with Crippen LogP contribution in [0.4, 0.5) is 0 Å². The zero-order valence-corrected chi connectivity index (χ0v) is 11.4. The Hall–Kier alpha value is 0.375. The topological polar surface area (TPSA) is 40.5 Å². The summed E-state index contributed by atoms with van der Waals surface area (Å²) < 4.78 is 3.08. The Bertz CT molecular complexity index is 485. The smallest absolute Gasteiger partial charge is 0.423 e. The van der Waals surface area contributed by atoms with Crippen molar-refractivity contribution in [3.8, 4) is 0 Å². The molecule has 72 valence electrons. The quantitative estimate of drug-likeness (QED) is 0.584. The van der Waals surface area contributed by atoms with E-state index in [-0.39, 0.29) is 0 Å². The van der Waals surface area contributed by atoms with Gasteiger partial charge in [0.25, 0.3) is 0 Å². The number of halogens is 2. The summed E-state index contributed by atoms with van der Waals surface area (Å²) >= 11 is 7.14. The number of rotatable bonds is 1. The van der Waals surface area contributed by atoms with Crippen molar-refractivity contribution >= 4 is 72.5 Å². The summed E-state index contributed by atoms with van der Waals surface area (Å²) in [5.41, 5.74) is 0.579. The fraction of sp³-hybridized carbons (Fsp3) is 0. The Kier molecular flexibility index (Phi) is 3.18. The molecule has 0 saturated carbocycles. The first-order valence-corrected chi connectivity index (χ1v) is 6.57. The van der Waals surface area contributed by atoms with E-state index in [4.69, 9.17) is 10.0 Å². The Morgan fingerprint density at radius 3 is 2.71 bits per heavy atom. The van der Waals surface area contributed by atoms with Gasteiger partial charge in [-0.1, -0.05) is 0 Å². The Labute approximate surface area is 107 Å². The molecule has 2 nitrogen and oxygen atoms in total. The number of fused-ring (bicyclic) bond motifs is 1. The summed E-state index contributed by atoms with van der Waals surface area (Å²) in [7, 11) is -1.40. The molecule has 0 amide bonds. The molecule has 0 spiro atoms. The monoisotopic (exact) mass is 382 g/mol. The molecule has 0 fully saturated rings. The van der Waals surface area contributed by atoms with E-state index in [1.165, 1.54) is 11.3 Å². The molecule has 0 bridgehead atoms. The van der Waals surface area contributed by atoms with Crippen LogP contribution in [0.2, 0.25) is 0 Å². The first kappa shape index (κ1) is 10.9. The van der Waals surface area contributed by atoms with Crippen molar-refractivity contribution in [2.45, 2.75) is 0 Å². The highest BCUT2D eigenvalue weighted by molar-refractivity contribution is 14.1. The molecule has 2 N–H and O–H groups in total. The van der Waals surface area contributed by atoms with Gasteiger partial charge in [0.1, 0.15) is 0 Å². The van der Waals surface area contributed by atoms with Crippen LogP contribution in [-0.4, -0.2) is 17.2 Å². The molecule has 0 radical (unpaired) electrons. The molecule has 0 atom stereocenters. The highest BCUT2D eigenvalue weighted by Gasteiger charge is 2.19. The lowest BCUT2D eigenvalue weighted by atomic mass is 9.80. The molecular weight excluding hydrogens is 378 g/mol. The zero-order chi connectivity index (χ0) is 10.3. The number of benzene rings is 1. The standard InChI is InChI=1S/C8H5BBrIO2S/c10-5-1-2-6(11)7-4(9(12)13)3-14-8(5)7/h1-3,12-13H. The van der Waals surface area contributed by atoms with Crippen LogP contribution in [0.5, 0.6) is 0 Å². The van der Waals surface area contributed by atoms with E-state index in [2.05, 4.69) is 38.5 Å². The van der Waals surface area contributed by atoms with E-state index in [9.17, 15) is 0 Å². The Morgan fingerprint density at radius 1 is 1.36 bits per heavy atom. The molecule has 1 aromatic heterocycles. The van der Waals surface area contributed by atoms with E-state index < -0.39 is 7.12 Å². The summed E-state index contributed by atoms with van der Waals surface area (Å²) in [6, 6.07) is 3.92. The second kappa shape index (κ2) is 4.09. The number of hydrogen-bond acceptors (Lipinski definition) is 3. The van der Waals surface area contributed by atoms with Crippen LogP contribution in [0.3, 0.4) is 0 Å². The minimum Gasteiger partial charge on any atom is -0.423 e. The van der Waals surface area contributed by atoms with E-state index in [0.717, 1.165) is 18.1 Å². The zero-order valence-electron chi connectivity index (χ0n) is 6.87. The van der Waals surface area contributed by atoms with Crippen molar-refractivity contribution in [2.24, 2.45) is 0 Å². The summed E-state index contributed by atoms with van der Waals surface area (Å²) in [4.78, 5) is 0. The van der Waals surface area contributed by atoms with Crippen molar-refractivity contribution in [1.29, 1.82) is 0 Å². The van der Waals surface area contributed by atoms with E-state index >= 15 is 0 Å². The molecule has 1 heterocycles. The van der Waals surface area contributed by atoms with Gasteiger partial charge in [-0.15, -0.1) is 11.3 Å². The molecule has 2 rings (SSSR count). The normalized spacial score (nSPS) is 10.9. The van der Waals surface area contributed by atoms with Gasteiger partial charge in [0.15, 0.2) is 0 Å². The Morgan fingerprint density at radius 2 is 2.07 bits per heavy atom. The van der Waals surface area contributed by atoms with Crippen LogP contribution in [0.25, 0.3) is 10.1 Å². The fourth-order valence-electron chi connectivity index (χ4n) is 1.29. The Balaban J connectivity index is 2.84. The third kappa shape index (κ3) is 1.74. The number of hydrogen-bond donors (Lipinski definition) is 2. The summed E-state index contributed by atoms with van der Waals surface area (Å²) in [6.45, 7) is 0. The van der Waals surface area contributed by atoms with Gasteiger partial charge >= 0.3 is 7.12 Å². The van der Waals surface area contributed by atoms with Crippen LogP contribution >= 0.6 is 49.9 Å². The average molecular weight is 383 g/mol. The van der Waals surface area contributed by atoms with Crippen LogP contribution in [-0.2, 0) is 0 Å². The summed E-state index contributed by atoms with van der Waals surface area (Å²) in [5, 5.41) is 21.0. The second-order valence-corrected chi connectivity index (χ2v) is 5.69. The van der Waals surface area contributed by atoms with Gasteiger partial charge in [-0.25, -0.2) is 0 Å².